The Bertz CT molecular complexity index is 842. The second-order valence-electron chi connectivity index (χ2n) is 4.57. The number of aryl methyl sites for hydroxylation is 1. The number of hydrogen-bond acceptors (Lipinski definition) is 5. The molecule has 0 saturated carbocycles. The highest BCUT2D eigenvalue weighted by atomic mass is 16.1. The standard InChI is InChI=1S/C15H15N5O/c1-3-10-6-7-12-13(16-2)19-15(21)20(14(12)18-10)11-5-4-8-17-9-11/h4-9H,3H2,1-2H3,(H,16,19,21). The molecule has 21 heavy (non-hydrogen) atoms. The highest BCUT2D eigenvalue weighted by Gasteiger charge is 2.13. The average Bonchev–Trinajstić information content (AvgIpc) is 2.54. The molecule has 0 radical (unpaired) electrons. The zero-order chi connectivity index (χ0) is 14.8. The molecule has 3 aromatic heterocycles. The lowest BCUT2D eigenvalue weighted by molar-refractivity contribution is 0.921. The number of fused-ring (bicyclic) bond motifs is 1. The Morgan fingerprint density at radius 3 is 2.76 bits per heavy atom. The molecule has 3 aromatic rings. The lowest BCUT2D eigenvalue weighted by Crippen LogP contribution is -2.24. The predicted molar refractivity (Wildman–Crippen MR) is 81.9 cm³/mol. The van der Waals surface area contributed by atoms with Crippen molar-refractivity contribution in [3.05, 3.63) is 52.8 Å². The molecule has 3 rings (SSSR count). The van der Waals surface area contributed by atoms with Gasteiger partial charge >= 0.3 is 5.69 Å². The molecule has 1 N–H and O–H groups in total. The molecule has 0 amide bonds. The van der Waals surface area contributed by atoms with Crippen LogP contribution in [0, 0.1) is 0 Å². The maximum Gasteiger partial charge on any atom is 0.355 e. The van der Waals surface area contributed by atoms with Crippen molar-refractivity contribution in [3.63, 3.8) is 0 Å². The van der Waals surface area contributed by atoms with Gasteiger partial charge in [-0.25, -0.2) is 14.3 Å². The molecule has 6 heteroatoms. The van der Waals surface area contributed by atoms with Crippen LogP contribution in [0.5, 0.6) is 0 Å². The van der Waals surface area contributed by atoms with Crippen molar-refractivity contribution in [1.82, 2.24) is 19.5 Å². The van der Waals surface area contributed by atoms with Gasteiger partial charge in [-0.1, -0.05) is 6.92 Å². The number of anilines is 1. The third-order valence-corrected chi connectivity index (χ3v) is 3.30. The molecule has 0 saturated heterocycles. The summed E-state index contributed by atoms with van der Waals surface area (Å²) in [6, 6.07) is 7.48. The summed E-state index contributed by atoms with van der Waals surface area (Å²) in [5, 5.41) is 3.75. The number of nitrogens with one attached hydrogen (secondary N) is 1. The summed E-state index contributed by atoms with van der Waals surface area (Å²) in [4.78, 5) is 25.1. The second kappa shape index (κ2) is 5.32. The van der Waals surface area contributed by atoms with Gasteiger partial charge in [0, 0.05) is 18.9 Å². The minimum atomic E-state index is -0.374. The molecule has 0 atom stereocenters. The number of pyridine rings is 2. The maximum atomic E-state index is 12.4. The highest BCUT2D eigenvalue weighted by molar-refractivity contribution is 5.87. The Balaban J connectivity index is 2.43. The van der Waals surface area contributed by atoms with E-state index in [4.69, 9.17) is 0 Å². The molecule has 0 spiro atoms. The van der Waals surface area contributed by atoms with Crippen LogP contribution >= 0.6 is 0 Å². The van der Waals surface area contributed by atoms with Crippen LogP contribution in [0.15, 0.2) is 41.5 Å². The first-order valence-corrected chi connectivity index (χ1v) is 6.75. The van der Waals surface area contributed by atoms with Gasteiger partial charge in [-0.05, 0) is 30.7 Å². The first-order valence-electron chi connectivity index (χ1n) is 6.75. The summed E-state index contributed by atoms with van der Waals surface area (Å²) in [6.07, 6.45) is 4.09. The summed E-state index contributed by atoms with van der Waals surface area (Å²) in [6.45, 7) is 2.03. The fourth-order valence-corrected chi connectivity index (χ4v) is 2.25. The van der Waals surface area contributed by atoms with Gasteiger partial charge in [-0.15, -0.1) is 0 Å². The van der Waals surface area contributed by atoms with Crippen LogP contribution in [0.25, 0.3) is 16.7 Å². The van der Waals surface area contributed by atoms with Crippen molar-refractivity contribution < 1.29 is 0 Å². The van der Waals surface area contributed by atoms with E-state index in [1.54, 1.807) is 25.5 Å². The largest absolute Gasteiger partial charge is 0.372 e. The molecule has 0 aromatic carbocycles. The Hall–Kier alpha value is -2.76. The fourth-order valence-electron chi connectivity index (χ4n) is 2.25. The van der Waals surface area contributed by atoms with E-state index in [2.05, 4.69) is 20.3 Å². The van der Waals surface area contributed by atoms with Crippen molar-refractivity contribution in [1.29, 1.82) is 0 Å². The molecule has 3 heterocycles. The minimum Gasteiger partial charge on any atom is -0.372 e. The summed E-state index contributed by atoms with van der Waals surface area (Å²) in [5.41, 5.74) is 1.79. The zero-order valence-corrected chi connectivity index (χ0v) is 11.9. The van der Waals surface area contributed by atoms with Gasteiger partial charge in [0.25, 0.3) is 0 Å². The third kappa shape index (κ3) is 2.24. The zero-order valence-electron chi connectivity index (χ0n) is 11.9. The fraction of sp³-hybridized carbons (Fsp3) is 0.200. The minimum absolute atomic E-state index is 0.374. The van der Waals surface area contributed by atoms with Crippen LogP contribution in [0.2, 0.25) is 0 Å². The molecule has 6 nitrogen and oxygen atoms in total. The van der Waals surface area contributed by atoms with E-state index in [9.17, 15) is 4.79 Å². The number of aromatic nitrogens is 4. The SMILES string of the molecule is CCc1ccc2c(NC)nc(=O)n(-c3cccnc3)c2n1. The molecular formula is C15H15N5O. The van der Waals surface area contributed by atoms with E-state index < -0.39 is 0 Å². The van der Waals surface area contributed by atoms with E-state index >= 15 is 0 Å². The van der Waals surface area contributed by atoms with Gasteiger partial charge in [0.1, 0.15) is 5.82 Å². The Morgan fingerprint density at radius 1 is 1.24 bits per heavy atom. The molecular weight excluding hydrogens is 266 g/mol. The topological polar surface area (TPSA) is 72.7 Å². The first-order chi connectivity index (χ1) is 10.2. The van der Waals surface area contributed by atoms with E-state index in [1.807, 2.05) is 25.1 Å². The van der Waals surface area contributed by atoms with E-state index in [-0.39, 0.29) is 5.69 Å². The van der Waals surface area contributed by atoms with Crippen molar-refractivity contribution in [2.24, 2.45) is 0 Å². The molecule has 106 valence electrons. The molecule has 0 fully saturated rings. The quantitative estimate of drug-likeness (QED) is 0.792. The van der Waals surface area contributed by atoms with E-state index in [0.29, 0.717) is 17.2 Å². The Morgan fingerprint density at radius 2 is 2.10 bits per heavy atom. The highest BCUT2D eigenvalue weighted by Crippen LogP contribution is 2.20. The van der Waals surface area contributed by atoms with Crippen LogP contribution in [-0.2, 0) is 6.42 Å². The summed E-state index contributed by atoms with van der Waals surface area (Å²) < 4.78 is 1.49. The summed E-state index contributed by atoms with van der Waals surface area (Å²) >= 11 is 0. The van der Waals surface area contributed by atoms with Crippen LogP contribution in [0.3, 0.4) is 0 Å². The second-order valence-corrected chi connectivity index (χ2v) is 4.57. The van der Waals surface area contributed by atoms with Crippen molar-refractivity contribution in [3.8, 4) is 5.69 Å². The van der Waals surface area contributed by atoms with Gasteiger partial charge in [-0.3, -0.25) is 4.98 Å². The number of nitrogens with zero attached hydrogens (tertiary/aromatic N) is 4. The van der Waals surface area contributed by atoms with Gasteiger partial charge in [0.05, 0.1) is 17.3 Å². The molecule has 0 aliphatic carbocycles. The molecule has 0 aliphatic heterocycles. The third-order valence-electron chi connectivity index (χ3n) is 3.30. The van der Waals surface area contributed by atoms with E-state index in [1.165, 1.54) is 4.57 Å². The monoisotopic (exact) mass is 281 g/mol. The lowest BCUT2D eigenvalue weighted by atomic mass is 10.2. The Labute approximate surface area is 121 Å². The van der Waals surface area contributed by atoms with Crippen LogP contribution < -0.4 is 11.0 Å². The van der Waals surface area contributed by atoms with Crippen LogP contribution in [0.4, 0.5) is 5.82 Å². The normalized spacial score (nSPS) is 10.8. The van der Waals surface area contributed by atoms with Crippen molar-refractivity contribution >= 4 is 16.9 Å². The first kappa shape index (κ1) is 13.2. The van der Waals surface area contributed by atoms with Crippen LogP contribution in [0.1, 0.15) is 12.6 Å². The Kier molecular flexibility index (Phi) is 3.35. The van der Waals surface area contributed by atoms with E-state index in [0.717, 1.165) is 17.5 Å². The number of rotatable bonds is 3. The molecule has 0 aliphatic rings. The van der Waals surface area contributed by atoms with Crippen molar-refractivity contribution in [2.45, 2.75) is 13.3 Å². The lowest BCUT2D eigenvalue weighted by Gasteiger charge is -2.12. The molecule has 0 bridgehead atoms. The summed E-state index contributed by atoms with van der Waals surface area (Å²) in [7, 11) is 1.74. The van der Waals surface area contributed by atoms with Crippen LogP contribution in [-0.4, -0.2) is 26.6 Å². The van der Waals surface area contributed by atoms with Gasteiger partial charge < -0.3 is 5.32 Å². The predicted octanol–water partition coefficient (Wildman–Crippen LogP) is 1.78. The maximum absolute atomic E-state index is 12.4. The molecule has 0 unspecified atom stereocenters. The van der Waals surface area contributed by atoms with Gasteiger partial charge in [-0.2, -0.15) is 4.98 Å². The smallest absolute Gasteiger partial charge is 0.355 e. The van der Waals surface area contributed by atoms with Gasteiger partial charge in [0.15, 0.2) is 5.65 Å². The average molecular weight is 281 g/mol. The number of hydrogen-bond donors (Lipinski definition) is 1. The van der Waals surface area contributed by atoms with Gasteiger partial charge in [0.2, 0.25) is 0 Å². The summed E-state index contributed by atoms with van der Waals surface area (Å²) in [5.74, 6) is 0.533. The van der Waals surface area contributed by atoms with Crippen molar-refractivity contribution in [2.75, 3.05) is 12.4 Å².